The average molecular weight is 341 g/mol. The van der Waals surface area contributed by atoms with Crippen LogP contribution in [0.2, 0.25) is 0 Å². The fourth-order valence-electron chi connectivity index (χ4n) is 2.11. The van der Waals surface area contributed by atoms with E-state index in [4.69, 9.17) is 0 Å². The van der Waals surface area contributed by atoms with Gasteiger partial charge in [-0.15, -0.1) is 5.10 Å². The van der Waals surface area contributed by atoms with Crippen LogP contribution in [0.3, 0.4) is 0 Å². The van der Waals surface area contributed by atoms with E-state index in [1.54, 1.807) is 6.92 Å². The van der Waals surface area contributed by atoms with Crippen LogP contribution in [0.25, 0.3) is 0 Å². The number of nitrogens with zero attached hydrogens (tertiary/aromatic N) is 3. The molecule has 1 aliphatic heterocycles. The van der Waals surface area contributed by atoms with Crippen LogP contribution < -0.4 is 15.5 Å². The Kier molecular flexibility index (Phi) is 5.42. The molecule has 0 atom stereocenters. The van der Waals surface area contributed by atoms with Crippen LogP contribution in [-0.4, -0.2) is 30.8 Å². The summed E-state index contributed by atoms with van der Waals surface area (Å²) in [4.78, 5) is 13.2. The van der Waals surface area contributed by atoms with Gasteiger partial charge in [0.05, 0.1) is 17.8 Å². The van der Waals surface area contributed by atoms with Crippen molar-refractivity contribution in [3.63, 3.8) is 0 Å². The third-order valence-corrected chi connectivity index (χ3v) is 3.34. The number of alkyl halides is 3. The molecule has 6 nitrogen and oxygen atoms in total. The SMILES string of the molecule is CCNC(=O)NC1=NN=C(CC)CN1c1cccc(C(F)(F)F)c1. The van der Waals surface area contributed by atoms with Crippen molar-refractivity contribution in [2.24, 2.45) is 10.2 Å². The summed E-state index contributed by atoms with van der Waals surface area (Å²) in [5, 5.41) is 13.0. The highest BCUT2D eigenvalue weighted by atomic mass is 19.4. The largest absolute Gasteiger partial charge is 0.416 e. The van der Waals surface area contributed by atoms with E-state index in [-0.39, 0.29) is 18.2 Å². The van der Waals surface area contributed by atoms with Crippen LogP contribution >= 0.6 is 0 Å². The number of carbonyl (C=O) groups excluding carboxylic acids is 1. The molecule has 1 aromatic carbocycles. The van der Waals surface area contributed by atoms with Crippen molar-refractivity contribution in [2.45, 2.75) is 26.4 Å². The number of urea groups is 1. The number of amides is 2. The number of guanidine groups is 1. The number of rotatable bonds is 3. The fourth-order valence-corrected chi connectivity index (χ4v) is 2.11. The lowest BCUT2D eigenvalue weighted by atomic mass is 10.1. The lowest BCUT2D eigenvalue weighted by Crippen LogP contribution is -2.51. The standard InChI is InChI=1S/C15H18F3N5O/c1-3-11-9-23(13(22-21-11)20-14(24)19-4-2)12-7-5-6-10(8-12)15(16,17)18/h5-8H,3-4,9H2,1-2H3,(H2,19,20,22,24). The average Bonchev–Trinajstić information content (AvgIpc) is 2.55. The Morgan fingerprint density at radius 2 is 2.04 bits per heavy atom. The molecule has 0 aliphatic carbocycles. The van der Waals surface area contributed by atoms with Crippen molar-refractivity contribution < 1.29 is 18.0 Å². The summed E-state index contributed by atoms with van der Waals surface area (Å²) in [5.41, 5.74) is 0.216. The number of carbonyl (C=O) groups is 1. The molecule has 0 spiro atoms. The Bertz CT molecular complexity index is 669. The van der Waals surface area contributed by atoms with Crippen molar-refractivity contribution in [3.05, 3.63) is 29.8 Å². The Morgan fingerprint density at radius 1 is 1.29 bits per heavy atom. The molecule has 130 valence electrons. The lowest BCUT2D eigenvalue weighted by molar-refractivity contribution is -0.137. The first-order valence-corrected chi connectivity index (χ1v) is 7.48. The molecule has 0 radical (unpaired) electrons. The Hall–Kier alpha value is -2.58. The minimum Gasteiger partial charge on any atom is -0.338 e. The van der Waals surface area contributed by atoms with Crippen molar-refractivity contribution in [3.8, 4) is 0 Å². The van der Waals surface area contributed by atoms with E-state index >= 15 is 0 Å². The molecule has 0 aromatic heterocycles. The Morgan fingerprint density at radius 3 is 2.67 bits per heavy atom. The normalized spacial score (nSPS) is 14.8. The summed E-state index contributed by atoms with van der Waals surface area (Å²) in [6.07, 6.45) is -3.84. The Balaban J connectivity index is 2.33. The predicted molar refractivity (Wildman–Crippen MR) is 86.2 cm³/mol. The molecule has 1 aromatic rings. The highest BCUT2D eigenvalue weighted by Gasteiger charge is 2.31. The zero-order chi connectivity index (χ0) is 17.7. The molecule has 2 amide bonds. The van der Waals surface area contributed by atoms with E-state index < -0.39 is 17.8 Å². The lowest BCUT2D eigenvalue weighted by Gasteiger charge is -2.28. The van der Waals surface area contributed by atoms with Gasteiger partial charge in [0.2, 0.25) is 5.96 Å². The highest BCUT2D eigenvalue weighted by molar-refractivity contribution is 6.10. The van der Waals surface area contributed by atoms with E-state index in [0.29, 0.717) is 18.7 Å². The summed E-state index contributed by atoms with van der Waals surface area (Å²) in [5.74, 6) is 0.0810. The van der Waals surface area contributed by atoms with Crippen LogP contribution in [0.4, 0.5) is 23.7 Å². The van der Waals surface area contributed by atoms with Gasteiger partial charge in [-0.1, -0.05) is 13.0 Å². The molecule has 1 aliphatic rings. The van der Waals surface area contributed by atoms with Gasteiger partial charge in [0.1, 0.15) is 0 Å². The molecule has 0 saturated carbocycles. The van der Waals surface area contributed by atoms with E-state index in [9.17, 15) is 18.0 Å². The summed E-state index contributed by atoms with van der Waals surface area (Å²) in [7, 11) is 0. The quantitative estimate of drug-likeness (QED) is 0.887. The molecule has 0 unspecified atom stereocenters. The number of hydrogen-bond acceptors (Lipinski definition) is 4. The highest BCUT2D eigenvalue weighted by Crippen LogP contribution is 2.32. The van der Waals surface area contributed by atoms with Crippen LogP contribution in [0.1, 0.15) is 25.8 Å². The zero-order valence-corrected chi connectivity index (χ0v) is 13.3. The number of anilines is 1. The van der Waals surface area contributed by atoms with Crippen LogP contribution in [0.5, 0.6) is 0 Å². The van der Waals surface area contributed by atoms with Gasteiger partial charge in [0.25, 0.3) is 0 Å². The molecule has 24 heavy (non-hydrogen) atoms. The maximum atomic E-state index is 12.9. The molecule has 2 rings (SSSR count). The van der Waals surface area contributed by atoms with Gasteiger partial charge in [0.15, 0.2) is 0 Å². The number of halogens is 3. The molecule has 2 N–H and O–H groups in total. The van der Waals surface area contributed by atoms with Gasteiger partial charge >= 0.3 is 12.2 Å². The van der Waals surface area contributed by atoms with Gasteiger partial charge < -0.3 is 10.2 Å². The molecule has 0 bridgehead atoms. The third-order valence-electron chi connectivity index (χ3n) is 3.34. The summed E-state index contributed by atoms with van der Waals surface area (Å²) >= 11 is 0. The van der Waals surface area contributed by atoms with E-state index in [1.165, 1.54) is 17.0 Å². The Labute approximate surface area is 137 Å². The van der Waals surface area contributed by atoms with Gasteiger partial charge in [-0.2, -0.15) is 18.3 Å². The van der Waals surface area contributed by atoms with Gasteiger partial charge in [-0.25, -0.2) is 4.79 Å². The smallest absolute Gasteiger partial charge is 0.338 e. The number of benzene rings is 1. The molecule has 0 fully saturated rings. The fraction of sp³-hybridized carbons (Fsp3) is 0.400. The van der Waals surface area contributed by atoms with Gasteiger partial charge in [-0.3, -0.25) is 5.32 Å². The molecule has 9 heteroatoms. The molecule has 0 saturated heterocycles. The second-order valence-electron chi connectivity index (χ2n) is 5.06. The first-order chi connectivity index (χ1) is 11.3. The first-order valence-electron chi connectivity index (χ1n) is 7.48. The predicted octanol–water partition coefficient (Wildman–Crippen LogP) is 2.97. The van der Waals surface area contributed by atoms with Crippen molar-refractivity contribution >= 4 is 23.4 Å². The minimum atomic E-state index is -4.45. The first kappa shape index (κ1) is 17.8. The number of hydrogen-bond donors (Lipinski definition) is 2. The maximum Gasteiger partial charge on any atom is 0.416 e. The van der Waals surface area contributed by atoms with E-state index in [1.807, 2.05) is 6.92 Å². The summed E-state index contributed by atoms with van der Waals surface area (Å²) < 4.78 is 38.8. The monoisotopic (exact) mass is 341 g/mol. The maximum absolute atomic E-state index is 12.9. The van der Waals surface area contributed by atoms with Crippen molar-refractivity contribution in [1.29, 1.82) is 0 Å². The minimum absolute atomic E-state index is 0.0810. The summed E-state index contributed by atoms with van der Waals surface area (Å²) in [6.45, 7) is 4.29. The van der Waals surface area contributed by atoms with E-state index in [0.717, 1.165) is 12.1 Å². The van der Waals surface area contributed by atoms with Crippen LogP contribution in [0.15, 0.2) is 34.5 Å². The molecule has 1 heterocycles. The topological polar surface area (TPSA) is 69.1 Å². The summed E-state index contributed by atoms with van der Waals surface area (Å²) in [6, 6.07) is 4.37. The molecular weight excluding hydrogens is 323 g/mol. The van der Waals surface area contributed by atoms with Crippen LogP contribution in [-0.2, 0) is 6.18 Å². The second-order valence-corrected chi connectivity index (χ2v) is 5.06. The van der Waals surface area contributed by atoms with Crippen molar-refractivity contribution in [2.75, 3.05) is 18.0 Å². The van der Waals surface area contributed by atoms with Crippen molar-refractivity contribution in [1.82, 2.24) is 10.6 Å². The molecular formula is C15H18F3N5O. The zero-order valence-electron chi connectivity index (χ0n) is 13.3. The van der Waals surface area contributed by atoms with Gasteiger partial charge in [-0.05, 0) is 31.5 Å². The van der Waals surface area contributed by atoms with Gasteiger partial charge in [0, 0.05) is 12.2 Å². The van der Waals surface area contributed by atoms with Crippen LogP contribution in [0, 0.1) is 0 Å². The second kappa shape index (κ2) is 7.33. The third kappa shape index (κ3) is 4.24. The number of nitrogens with one attached hydrogen (secondary N) is 2. The van der Waals surface area contributed by atoms with E-state index in [2.05, 4.69) is 20.8 Å².